The summed E-state index contributed by atoms with van der Waals surface area (Å²) >= 11 is 0. The van der Waals surface area contributed by atoms with Crippen LogP contribution in [-0.2, 0) is 18.3 Å². The van der Waals surface area contributed by atoms with Crippen LogP contribution in [0.25, 0.3) is 0 Å². The number of nitrogen functional groups attached to an aromatic ring is 1. The molecule has 0 amide bonds. The van der Waals surface area contributed by atoms with Gasteiger partial charge in [0, 0.05) is 24.6 Å². The van der Waals surface area contributed by atoms with Gasteiger partial charge in [0.2, 0.25) is 0 Å². The van der Waals surface area contributed by atoms with E-state index in [2.05, 4.69) is 10.4 Å². The molecule has 1 aliphatic carbocycles. The Kier molecular flexibility index (Phi) is 4.10. The number of hydrogen-bond acceptors (Lipinski definition) is 6. The zero-order valence-corrected chi connectivity index (χ0v) is 15.4. The molecule has 1 aromatic carbocycles. The maximum Gasteiger partial charge on any atom is 0.259 e. The summed E-state index contributed by atoms with van der Waals surface area (Å²) < 4.78 is 20.7. The predicted octanol–water partition coefficient (Wildman–Crippen LogP) is 1.88. The van der Waals surface area contributed by atoms with E-state index in [-0.39, 0.29) is 5.91 Å². The smallest absolute Gasteiger partial charge is 0.259 e. The van der Waals surface area contributed by atoms with Crippen molar-refractivity contribution < 1.29 is 19.0 Å². The van der Waals surface area contributed by atoms with E-state index in [1.54, 1.807) is 6.92 Å². The third kappa shape index (κ3) is 2.66. The highest BCUT2D eigenvalue weighted by Gasteiger charge is 2.43. The van der Waals surface area contributed by atoms with Crippen LogP contribution >= 0.6 is 0 Å². The van der Waals surface area contributed by atoms with Gasteiger partial charge in [0.05, 0.1) is 30.0 Å². The van der Waals surface area contributed by atoms with Gasteiger partial charge < -0.3 is 20.9 Å². The van der Waals surface area contributed by atoms with Crippen molar-refractivity contribution in [2.45, 2.75) is 44.1 Å². The molecule has 7 nitrogen and oxygen atoms in total. The van der Waals surface area contributed by atoms with Gasteiger partial charge in [-0.3, -0.25) is 4.79 Å². The second-order valence-corrected chi connectivity index (χ2v) is 7.46. The molecule has 4 rings (SSSR count). The number of aliphatic hydroxyl groups excluding tert-OH is 1. The van der Waals surface area contributed by atoms with E-state index in [0.29, 0.717) is 60.7 Å². The quantitative estimate of drug-likeness (QED) is 0.742. The first kappa shape index (κ1) is 17.8. The summed E-state index contributed by atoms with van der Waals surface area (Å²) in [5, 5.41) is 17.5. The number of nitrogens with one attached hydrogen (secondary N) is 1. The molecule has 0 radical (unpaired) electrons. The average Bonchev–Trinajstić information content (AvgIpc) is 2.97. The van der Waals surface area contributed by atoms with Crippen LogP contribution in [0.4, 0.5) is 15.9 Å². The Labute approximate surface area is 156 Å². The summed E-state index contributed by atoms with van der Waals surface area (Å²) in [7, 11) is 1.47. The summed E-state index contributed by atoms with van der Waals surface area (Å²) in [5.41, 5.74) is 7.86. The predicted molar refractivity (Wildman–Crippen MR) is 98.7 cm³/mol. The normalized spacial score (nSPS) is 23.9. The fraction of sp³-hybridized carbons (Fsp3) is 0.474. The van der Waals surface area contributed by atoms with E-state index in [4.69, 9.17) is 10.5 Å². The maximum atomic E-state index is 14.2. The highest BCUT2D eigenvalue weighted by atomic mass is 19.1. The number of hydrogen-bond donors (Lipinski definition) is 3. The minimum absolute atomic E-state index is 0.306. The van der Waals surface area contributed by atoms with Gasteiger partial charge >= 0.3 is 0 Å². The van der Waals surface area contributed by atoms with E-state index in [1.165, 1.54) is 23.9 Å². The Morgan fingerprint density at radius 1 is 1.52 bits per heavy atom. The van der Waals surface area contributed by atoms with Crippen LogP contribution in [0, 0.1) is 5.82 Å². The number of rotatable bonds is 2. The van der Waals surface area contributed by atoms with Crippen LogP contribution < -0.4 is 15.8 Å². The molecule has 0 bridgehead atoms. The Hall–Kier alpha value is -2.61. The number of fused-ring (bicyclic) bond motifs is 2. The first-order valence-electron chi connectivity index (χ1n) is 9.06. The number of aromatic nitrogens is 2. The molecular formula is C19H23FN4O3. The number of ether oxygens (including phenoxy) is 1. The van der Waals surface area contributed by atoms with Crippen LogP contribution in [0.15, 0.2) is 12.1 Å². The Morgan fingerprint density at radius 2 is 2.30 bits per heavy atom. The van der Waals surface area contributed by atoms with Crippen LogP contribution in [-0.4, -0.2) is 40.6 Å². The van der Waals surface area contributed by atoms with Gasteiger partial charge in [0.25, 0.3) is 5.91 Å². The number of carbonyl (C=O) groups excluding carboxylic acids is 1. The van der Waals surface area contributed by atoms with Gasteiger partial charge in [-0.25, -0.2) is 4.39 Å². The van der Waals surface area contributed by atoms with Crippen molar-refractivity contribution in [3.63, 3.8) is 0 Å². The molecule has 0 saturated heterocycles. The van der Waals surface area contributed by atoms with Gasteiger partial charge in [0.1, 0.15) is 17.4 Å². The van der Waals surface area contributed by atoms with E-state index in [1.807, 2.05) is 0 Å². The second kappa shape index (κ2) is 6.23. The average molecular weight is 374 g/mol. The summed E-state index contributed by atoms with van der Waals surface area (Å²) in [6.07, 6.45) is 1.58. The topological polar surface area (TPSA) is 102 Å². The largest absolute Gasteiger partial charge is 0.494 e. The van der Waals surface area contributed by atoms with Crippen molar-refractivity contribution in [2.24, 2.45) is 0 Å². The SMILES string of the molecule is COc1cc(F)cc2c1NCCC2(C)C(=O)n1nc2c(c1N)CCC(O)C2. The molecule has 1 aromatic heterocycles. The number of carbonyl (C=O) groups is 1. The Balaban J connectivity index is 1.81. The lowest BCUT2D eigenvalue weighted by Crippen LogP contribution is -2.42. The number of aliphatic hydroxyl groups is 1. The van der Waals surface area contributed by atoms with Crippen molar-refractivity contribution in [3.8, 4) is 5.75 Å². The van der Waals surface area contributed by atoms with Crippen LogP contribution in [0.3, 0.4) is 0 Å². The van der Waals surface area contributed by atoms with Crippen molar-refractivity contribution >= 4 is 17.4 Å². The molecule has 0 saturated carbocycles. The molecular weight excluding hydrogens is 351 g/mol. The molecule has 4 N–H and O–H groups in total. The number of halogens is 1. The summed E-state index contributed by atoms with van der Waals surface area (Å²) in [6.45, 7) is 2.32. The number of anilines is 2. The Morgan fingerprint density at radius 3 is 3.04 bits per heavy atom. The van der Waals surface area contributed by atoms with Crippen LogP contribution in [0.5, 0.6) is 5.75 Å². The van der Waals surface area contributed by atoms with Gasteiger partial charge in [-0.1, -0.05) is 0 Å². The standard InChI is InChI=1S/C19H23FN4O3/c1-19(5-6-22-16-13(19)7-10(20)8-15(16)27-2)18(26)24-17(21)12-4-3-11(25)9-14(12)23-24/h7-8,11,22,25H,3-6,9,21H2,1-2H3. The molecule has 2 heterocycles. The number of benzene rings is 1. The second-order valence-electron chi connectivity index (χ2n) is 7.46. The molecule has 2 aromatic rings. The highest BCUT2D eigenvalue weighted by Crippen LogP contribution is 2.44. The van der Waals surface area contributed by atoms with Crippen LogP contribution in [0.2, 0.25) is 0 Å². The monoisotopic (exact) mass is 374 g/mol. The molecule has 2 unspecified atom stereocenters. The minimum Gasteiger partial charge on any atom is -0.494 e. The molecule has 27 heavy (non-hydrogen) atoms. The fourth-order valence-corrected chi connectivity index (χ4v) is 4.13. The summed E-state index contributed by atoms with van der Waals surface area (Å²) in [6, 6.07) is 2.66. The Bertz CT molecular complexity index is 926. The van der Waals surface area contributed by atoms with Crippen molar-refractivity contribution in [1.82, 2.24) is 9.78 Å². The molecule has 1 aliphatic heterocycles. The van der Waals surface area contributed by atoms with E-state index < -0.39 is 17.3 Å². The molecule has 2 aliphatic rings. The first-order chi connectivity index (χ1) is 12.8. The van der Waals surface area contributed by atoms with Gasteiger partial charge in [-0.2, -0.15) is 9.78 Å². The molecule has 0 fully saturated rings. The molecule has 144 valence electrons. The third-order valence-electron chi connectivity index (χ3n) is 5.74. The summed E-state index contributed by atoms with van der Waals surface area (Å²) in [4.78, 5) is 13.5. The molecule has 2 atom stereocenters. The van der Waals surface area contributed by atoms with Gasteiger partial charge in [0.15, 0.2) is 0 Å². The van der Waals surface area contributed by atoms with E-state index >= 15 is 0 Å². The summed E-state index contributed by atoms with van der Waals surface area (Å²) in [5.74, 6) is -0.102. The maximum absolute atomic E-state index is 14.2. The lowest BCUT2D eigenvalue weighted by molar-refractivity contribution is 0.0784. The van der Waals surface area contributed by atoms with Gasteiger partial charge in [-0.05, 0) is 37.8 Å². The van der Waals surface area contributed by atoms with E-state index in [0.717, 1.165) is 5.56 Å². The number of nitrogens with zero attached hydrogens (tertiary/aromatic N) is 2. The third-order valence-corrected chi connectivity index (χ3v) is 5.74. The van der Waals surface area contributed by atoms with Crippen molar-refractivity contribution in [3.05, 3.63) is 34.8 Å². The number of methoxy groups -OCH3 is 1. The fourth-order valence-electron chi connectivity index (χ4n) is 4.13. The minimum atomic E-state index is -1.00. The lowest BCUT2D eigenvalue weighted by Gasteiger charge is -2.35. The zero-order chi connectivity index (χ0) is 19.3. The van der Waals surface area contributed by atoms with Crippen molar-refractivity contribution in [1.29, 1.82) is 0 Å². The van der Waals surface area contributed by atoms with E-state index in [9.17, 15) is 14.3 Å². The highest BCUT2D eigenvalue weighted by molar-refractivity contribution is 5.94. The zero-order valence-electron chi connectivity index (χ0n) is 15.4. The lowest BCUT2D eigenvalue weighted by atomic mass is 9.75. The number of nitrogens with two attached hydrogens (primary N) is 1. The van der Waals surface area contributed by atoms with Crippen LogP contribution in [0.1, 0.15) is 41.4 Å². The first-order valence-corrected chi connectivity index (χ1v) is 9.06. The van der Waals surface area contributed by atoms with Gasteiger partial charge in [-0.15, -0.1) is 0 Å². The van der Waals surface area contributed by atoms with Crippen molar-refractivity contribution in [2.75, 3.05) is 24.7 Å². The molecule has 8 heteroatoms. The molecule has 0 spiro atoms.